The van der Waals surface area contributed by atoms with Crippen molar-refractivity contribution in [3.63, 3.8) is 0 Å². The van der Waals surface area contributed by atoms with E-state index in [0.717, 1.165) is 22.4 Å². The Bertz CT molecular complexity index is 958. The lowest BCUT2D eigenvalue weighted by Gasteiger charge is -2.09. The number of anilines is 1. The largest absolute Gasteiger partial charge is 0.497 e. The Hall–Kier alpha value is -3.87. The van der Waals surface area contributed by atoms with Gasteiger partial charge in [0.25, 0.3) is 0 Å². The fourth-order valence-corrected chi connectivity index (χ4v) is 2.76. The van der Waals surface area contributed by atoms with E-state index in [1.165, 1.54) is 0 Å². The number of pyridine rings is 1. The number of rotatable bonds is 8. The third-order valence-electron chi connectivity index (χ3n) is 4.40. The predicted octanol–water partition coefficient (Wildman–Crippen LogP) is 3.27. The minimum atomic E-state index is -0.289. The number of amides is 3. The Morgan fingerprint density at radius 1 is 0.867 bits per heavy atom. The highest BCUT2D eigenvalue weighted by molar-refractivity contribution is 5.89. The molecule has 3 amide bonds. The molecule has 0 saturated carbocycles. The molecular weight excluding hydrogens is 380 g/mol. The molecule has 0 fully saturated rings. The van der Waals surface area contributed by atoms with Gasteiger partial charge < -0.3 is 20.7 Å². The van der Waals surface area contributed by atoms with Crippen LogP contribution in [-0.4, -0.2) is 24.0 Å². The van der Waals surface area contributed by atoms with Crippen molar-refractivity contribution in [2.75, 3.05) is 12.4 Å². The van der Waals surface area contributed by atoms with Crippen molar-refractivity contribution in [3.8, 4) is 5.75 Å². The second-order valence-electron chi connectivity index (χ2n) is 6.67. The first kappa shape index (κ1) is 20.9. The van der Waals surface area contributed by atoms with E-state index >= 15 is 0 Å². The van der Waals surface area contributed by atoms with E-state index in [0.29, 0.717) is 25.2 Å². The summed E-state index contributed by atoms with van der Waals surface area (Å²) in [4.78, 5) is 28.1. The summed E-state index contributed by atoms with van der Waals surface area (Å²) in [5, 5.41) is 8.48. The third-order valence-corrected chi connectivity index (χ3v) is 4.40. The van der Waals surface area contributed by atoms with Crippen LogP contribution in [0, 0.1) is 0 Å². The molecule has 1 heterocycles. The molecule has 3 aromatic rings. The number of hydrogen-bond donors (Lipinski definition) is 3. The predicted molar refractivity (Wildman–Crippen MR) is 115 cm³/mol. The lowest BCUT2D eigenvalue weighted by Crippen LogP contribution is -2.28. The lowest BCUT2D eigenvalue weighted by molar-refractivity contribution is -0.120. The van der Waals surface area contributed by atoms with Crippen LogP contribution in [0.5, 0.6) is 5.75 Å². The summed E-state index contributed by atoms with van der Waals surface area (Å²) in [7, 11) is 1.61. The number of benzene rings is 2. The van der Waals surface area contributed by atoms with Crippen LogP contribution in [0.4, 0.5) is 10.5 Å². The van der Waals surface area contributed by atoms with Gasteiger partial charge in [-0.05, 0) is 47.0 Å². The fraction of sp³-hybridized carbons (Fsp3) is 0.174. The molecule has 0 aliphatic carbocycles. The molecule has 0 saturated heterocycles. The molecule has 0 bridgehead atoms. The highest BCUT2D eigenvalue weighted by Crippen LogP contribution is 2.12. The second kappa shape index (κ2) is 10.6. The zero-order chi connectivity index (χ0) is 21.2. The van der Waals surface area contributed by atoms with Crippen molar-refractivity contribution in [1.82, 2.24) is 15.6 Å². The molecule has 7 nitrogen and oxygen atoms in total. The van der Waals surface area contributed by atoms with E-state index in [1.807, 2.05) is 48.5 Å². The normalized spacial score (nSPS) is 10.2. The zero-order valence-electron chi connectivity index (χ0n) is 16.7. The topological polar surface area (TPSA) is 92.4 Å². The standard InChI is InChI=1S/C23H24N4O3/c1-30-21-10-6-18(7-11-21)16-26-23(29)27-20-8-4-17(5-9-20)15-25-22(28)13-19-3-2-12-24-14-19/h2-12,14H,13,15-16H2,1H3,(H,25,28)(H2,26,27,29). The van der Waals surface area contributed by atoms with E-state index in [1.54, 1.807) is 31.6 Å². The van der Waals surface area contributed by atoms with E-state index in [2.05, 4.69) is 20.9 Å². The van der Waals surface area contributed by atoms with Gasteiger partial charge in [-0.1, -0.05) is 30.3 Å². The summed E-state index contributed by atoms with van der Waals surface area (Å²) in [6, 6.07) is 18.2. The van der Waals surface area contributed by atoms with E-state index in [9.17, 15) is 9.59 Å². The van der Waals surface area contributed by atoms with Crippen LogP contribution in [-0.2, 0) is 24.3 Å². The number of urea groups is 1. The van der Waals surface area contributed by atoms with E-state index < -0.39 is 0 Å². The van der Waals surface area contributed by atoms with Crippen LogP contribution in [0.1, 0.15) is 16.7 Å². The summed E-state index contributed by atoms with van der Waals surface area (Å²) in [6.45, 7) is 0.833. The van der Waals surface area contributed by atoms with Crippen molar-refractivity contribution < 1.29 is 14.3 Å². The molecule has 0 aliphatic heterocycles. The number of ether oxygens (including phenoxy) is 1. The quantitative estimate of drug-likeness (QED) is 0.537. The zero-order valence-corrected chi connectivity index (χ0v) is 16.7. The molecule has 0 atom stereocenters. The first-order valence-electron chi connectivity index (χ1n) is 9.55. The smallest absolute Gasteiger partial charge is 0.319 e. The molecule has 3 N–H and O–H groups in total. The van der Waals surface area contributed by atoms with E-state index in [-0.39, 0.29) is 11.9 Å². The molecule has 154 valence electrons. The van der Waals surface area contributed by atoms with Crippen molar-refractivity contribution in [2.45, 2.75) is 19.5 Å². The van der Waals surface area contributed by atoms with Crippen LogP contribution in [0.15, 0.2) is 73.1 Å². The Kier molecular flexibility index (Phi) is 7.38. The first-order chi connectivity index (χ1) is 14.6. The number of methoxy groups -OCH3 is 1. The number of nitrogens with one attached hydrogen (secondary N) is 3. The van der Waals surface area contributed by atoms with Crippen LogP contribution < -0.4 is 20.7 Å². The summed E-state index contributed by atoms with van der Waals surface area (Å²) in [6.07, 6.45) is 3.65. The molecule has 1 aromatic heterocycles. The molecule has 3 rings (SSSR count). The van der Waals surface area contributed by atoms with Gasteiger partial charge in [-0.2, -0.15) is 0 Å². The molecule has 2 aromatic carbocycles. The van der Waals surface area contributed by atoms with Gasteiger partial charge >= 0.3 is 6.03 Å². The SMILES string of the molecule is COc1ccc(CNC(=O)Nc2ccc(CNC(=O)Cc3cccnc3)cc2)cc1. The van der Waals surface area contributed by atoms with Crippen molar-refractivity contribution >= 4 is 17.6 Å². The highest BCUT2D eigenvalue weighted by atomic mass is 16.5. The molecule has 0 aliphatic rings. The first-order valence-corrected chi connectivity index (χ1v) is 9.55. The Morgan fingerprint density at radius 2 is 1.53 bits per heavy atom. The maximum Gasteiger partial charge on any atom is 0.319 e. The Balaban J connectivity index is 1.41. The fourth-order valence-electron chi connectivity index (χ4n) is 2.76. The van der Waals surface area contributed by atoms with Gasteiger partial charge in [0.2, 0.25) is 5.91 Å². The molecule has 7 heteroatoms. The molecule has 30 heavy (non-hydrogen) atoms. The third kappa shape index (κ3) is 6.63. The second-order valence-corrected chi connectivity index (χ2v) is 6.67. The van der Waals surface area contributed by atoms with Gasteiger partial charge in [-0.25, -0.2) is 4.79 Å². The van der Waals surface area contributed by atoms with Gasteiger partial charge in [0, 0.05) is 31.2 Å². The average Bonchev–Trinajstić information content (AvgIpc) is 2.78. The minimum Gasteiger partial charge on any atom is -0.497 e. The van der Waals surface area contributed by atoms with Gasteiger partial charge in [0.1, 0.15) is 5.75 Å². The number of aromatic nitrogens is 1. The van der Waals surface area contributed by atoms with Gasteiger partial charge in [-0.3, -0.25) is 9.78 Å². The van der Waals surface area contributed by atoms with Crippen molar-refractivity contribution in [2.24, 2.45) is 0 Å². The number of carbonyl (C=O) groups is 2. The van der Waals surface area contributed by atoms with Crippen molar-refractivity contribution in [1.29, 1.82) is 0 Å². The summed E-state index contributed by atoms with van der Waals surface area (Å²) in [5.41, 5.74) is 3.46. The van der Waals surface area contributed by atoms with Gasteiger partial charge in [-0.15, -0.1) is 0 Å². The van der Waals surface area contributed by atoms with Crippen LogP contribution in [0.2, 0.25) is 0 Å². The maximum atomic E-state index is 12.1. The molecular formula is C23H24N4O3. The molecule has 0 radical (unpaired) electrons. The molecule has 0 spiro atoms. The summed E-state index contributed by atoms with van der Waals surface area (Å²) in [5.74, 6) is 0.708. The number of nitrogens with zero attached hydrogens (tertiary/aromatic N) is 1. The van der Waals surface area contributed by atoms with Crippen LogP contribution >= 0.6 is 0 Å². The Morgan fingerprint density at radius 3 is 2.17 bits per heavy atom. The number of carbonyl (C=O) groups excluding carboxylic acids is 2. The van der Waals surface area contributed by atoms with E-state index in [4.69, 9.17) is 4.74 Å². The highest BCUT2D eigenvalue weighted by Gasteiger charge is 2.05. The monoisotopic (exact) mass is 404 g/mol. The molecule has 0 unspecified atom stereocenters. The lowest BCUT2D eigenvalue weighted by atomic mass is 10.2. The number of hydrogen-bond acceptors (Lipinski definition) is 4. The van der Waals surface area contributed by atoms with Crippen LogP contribution in [0.25, 0.3) is 0 Å². The summed E-state index contributed by atoms with van der Waals surface area (Å²) >= 11 is 0. The van der Waals surface area contributed by atoms with Crippen molar-refractivity contribution in [3.05, 3.63) is 89.7 Å². The van der Waals surface area contributed by atoms with Gasteiger partial charge in [0.05, 0.1) is 13.5 Å². The van der Waals surface area contributed by atoms with Gasteiger partial charge in [0.15, 0.2) is 0 Å². The maximum absolute atomic E-state index is 12.1. The minimum absolute atomic E-state index is 0.0666. The summed E-state index contributed by atoms with van der Waals surface area (Å²) < 4.78 is 5.12. The van der Waals surface area contributed by atoms with Crippen LogP contribution in [0.3, 0.4) is 0 Å². The average molecular weight is 404 g/mol. The Labute approximate surface area is 175 Å².